The van der Waals surface area contributed by atoms with Gasteiger partial charge < -0.3 is 18.3 Å². The van der Waals surface area contributed by atoms with Crippen molar-refractivity contribution in [3.8, 4) is 113 Å². The summed E-state index contributed by atoms with van der Waals surface area (Å²) < 4.78 is 9.69. The van der Waals surface area contributed by atoms with Crippen molar-refractivity contribution < 1.29 is 0 Å². The molecule has 25 rings (SSSR count). The van der Waals surface area contributed by atoms with E-state index < -0.39 is 0 Å². The van der Waals surface area contributed by atoms with Gasteiger partial charge in [0, 0.05) is 98.9 Å². The van der Waals surface area contributed by atoms with Crippen molar-refractivity contribution >= 4 is 120 Å². The number of rotatable bonds is 12. The van der Waals surface area contributed by atoms with Gasteiger partial charge in [0.15, 0.2) is 11.6 Å². The van der Waals surface area contributed by atoms with E-state index in [0.717, 1.165) is 89.9 Å². The molecule has 0 bridgehead atoms. The SMILES string of the molecule is c1ccc(-c2cccc(-c3nc(-c4ccccc4)cc(-c4ccc(-n5c6ccccc6c6cc7c(cc65)c5ccccc5n7-c5cccc(-c6ccccc6)c5)cc4)n3)c2)cc1.c1ccc2cc(-c3cc(-c4cccc5ccccc45)nc(-c4ccc(-n5c6ccccc6c6cc7c(cc65)c5ccccc5n7-c5cccc6ccccc56)cc4)n3)ccc2c1. The molecule has 0 saturated carbocycles. The first-order chi connectivity index (χ1) is 61.5. The number of para-hydroxylation sites is 4. The molecule has 0 atom stereocenters. The van der Waals surface area contributed by atoms with Crippen LogP contribution in [0.2, 0.25) is 0 Å². The van der Waals surface area contributed by atoms with Gasteiger partial charge in [-0.1, -0.05) is 322 Å². The van der Waals surface area contributed by atoms with Crippen LogP contribution in [0.25, 0.3) is 232 Å². The molecule has 578 valence electrons. The number of aromatic nitrogens is 8. The Bertz CT molecular complexity index is 8520. The lowest BCUT2D eigenvalue weighted by Gasteiger charge is -2.13. The Morgan fingerprint density at radius 3 is 1.05 bits per heavy atom. The third-order valence-corrected chi connectivity index (χ3v) is 24.8. The second-order valence-corrected chi connectivity index (χ2v) is 32.0. The van der Waals surface area contributed by atoms with Crippen molar-refractivity contribution in [3.63, 3.8) is 0 Å². The van der Waals surface area contributed by atoms with E-state index in [1.807, 2.05) is 12.1 Å². The Hall–Kier alpha value is -16.7. The van der Waals surface area contributed by atoms with Crippen LogP contribution in [0.5, 0.6) is 0 Å². The molecule has 0 unspecified atom stereocenters. The topological polar surface area (TPSA) is 71.3 Å². The smallest absolute Gasteiger partial charge is 0.160 e. The third kappa shape index (κ3) is 12.3. The predicted octanol–water partition coefficient (Wildman–Crippen LogP) is 30.1. The van der Waals surface area contributed by atoms with E-state index in [0.29, 0.717) is 11.6 Å². The van der Waals surface area contributed by atoms with Crippen molar-refractivity contribution in [1.29, 1.82) is 0 Å². The van der Waals surface area contributed by atoms with Gasteiger partial charge >= 0.3 is 0 Å². The van der Waals surface area contributed by atoms with E-state index in [2.05, 4.69) is 455 Å². The zero-order chi connectivity index (χ0) is 81.7. The number of fused-ring (bicyclic) bond motifs is 15. The Balaban J connectivity index is 0.000000139. The first-order valence-electron chi connectivity index (χ1n) is 42.2. The Morgan fingerprint density at radius 2 is 0.492 bits per heavy atom. The lowest BCUT2D eigenvalue weighted by atomic mass is 9.99. The van der Waals surface area contributed by atoms with Gasteiger partial charge in [-0.2, -0.15) is 0 Å². The minimum Gasteiger partial charge on any atom is -0.309 e. The Morgan fingerprint density at radius 1 is 0.145 bits per heavy atom. The van der Waals surface area contributed by atoms with E-state index in [1.54, 1.807) is 0 Å². The van der Waals surface area contributed by atoms with Crippen LogP contribution in [0, 0.1) is 0 Å². The fourth-order valence-corrected chi connectivity index (χ4v) is 19.0. The summed E-state index contributed by atoms with van der Waals surface area (Å²) in [6, 6.07) is 161. The van der Waals surface area contributed by atoms with Crippen LogP contribution in [0.15, 0.2) is 449 Å². The summed E-state index contributed by atoms with van der Waals surface area (Å²) in [6.45, 7) is 0. The van der Waals surface area contributed by atoms with Crippen molar-refractivity contribution in [3.05, 3.63) is 449 Å². The number of nitrogens with zero attached hydrogens (tertiary/aromatic N) is 8. The molecule has 19 aromatic carbocycles. The minimum atomic E-state index is 0.690. The largest absolute Gasteiger partial charge is 0.309 e. The summed E-state index contributed by atoms with van der Waals surface area (Å²) in [5, 5.41) is 17.0. The normalized spacial score (nSPS) is 11.7. The highest BCUT2D eigenvalue weighted by Gasteiger charge is 2.24. The van der Waals surface area contributed by atoms with Gasteiger partial charge in [-0.05, 0) is 177 Å². The van der Waals surface area contributed by atoms with E-state index >= 15 is 0 Å². The molecule has 8 heteroatoms. The van der Waals surface area contributed by atoms with Crippen molar-refractivity contribution in [2.24, 2.45) is 0 Å². The van der Waals surface area contributed by atoms with Crippen LogP contribution in [0.4, 0.5) is 0 Å². The van der Waals surface area contributed by atoms with Gasteiger partial charge in [0.05, 0.1) is 72.6 Å². The first kappa shape index (κ1) is 71.4. The summed E-state index contributed by atoms with van der Waals surface area (Å²) in [5.41, 5.74) is 28.3. The third-order valence-electron chi connectivity index (χ3n) is 24.8. The zero-order valence-electron chi connectivity index (χ0n) is 67.3. The molecule has 124 heavy (non-hydrogen) atoms. The summed E-state index contributed by atoms with van der Waals surface area (Å²) in [7, 11) is 0. The van der Waals surface area contributed by atoms with Gasteiger partial charge in [0.1, 0.15) is 0 Å². The molecule has 0 aliphatic rings. The van der Waals surface area contributed by atoms with Gasteiger partial charge in [0.25, 0.3) is 0 Å². The lowest BCUT2D eigenvalue weighted by molar-refractivity contribution is 1.16. The van der Waals surface area contributed by atoms with Crippen molar-refractivity contribution in [2.45, 2.75) is 0 Å². The number of benzene rings is 19. The monoisotopic (exact) mass is 1580 g/mol. The van der Waals surface area contributed by atoms with E-state index in [9.17, 15) is 0 Å². The highest BCUT2D eigenvalue weighted by atomic mass is 15.0. The van der Waals surface area contributed by atoms with Crippen LogP contribution in [-0.2, 0) is 0 Å². The molecule has 8 nitrogen and oxygen atoms in total. The molecule has 25 aromatic rings. The summed E-state index contributed by atoms with van der Waals surface area (Å²) in [6.07, 6.45) is 0. The van der Waals surface area contributed by atoms with Crippen LogP contribution in [0.1, 0.15) is 0 Å². The molecule has 0 fully saturated rings. The van der Waals surface area contributed by atoms with Crippen LogP contribution >= 0.6 is 0 Å². The van der Waals surface area contributed by atoms with Gasteiger partial charge in [0.2, 0.25) is 0 Å². The summed E-state index contributed by atoms with van der Waals surface area (Å²) in [5.74, 6) is 1.39. The van der Waals surface area contributed by atoms with E-state index in [1.165, 1.54) is 131 Å². The fourth-order valence-electron chi connectivity index (χ4n) is 19.0. The molecule has 0 saturated heterocycles. The average molecular weight is 1580 g/mol. The van der Waals surface area contributed by atoms with E-state index in [4.69, 9.17) is 19.9 Å². The highest BCUT2D eigenvalue weighted by Crippen LogP contribution is 2.45. The molecule has 0 aliphatic carbocycles. The van der Waals surface area contributed by atoms with Gasteiger partial charge in [-0.25, -0.2) is 19.9 Å². The summed E-state index contributed by atoms with van der Waals surface area (Å²) >= 11 is 0. The molecule has 6 aromatic heterocycles. The number of hydrogen-bond acceptors (Lipinski definition) is 4. The average Bonchev–Trinajstić information content (AvgIpc) is 1.56. The molecule has 0 aliphatic heterocycles. The fraction of sp³-hybridized carbons (Fsp3) is 0. The maximum atomic E-state index is 5.29. The van der Waals surface area contributed by atoms with Crippen LogP contribution in [-0.4, -0.2) is 38.2 Å². The lowest BCUT2D eigenvalue weighted by Crippen LogP contribution is -1.98. The maximum Gasteiger partial charge on any atom is 0.160 e. The first-order valence-corrected chi connectivity index (χ1v) is 42.2. The zero-order valence-corrected chi connectivity index (χ0v) is 67.3. The van der Waals surface area contributed by atoms with Crippen molar-refractivity contribution in [1.82, 2.24) is 38.2 Å². The highest BCUT2D eigenvalue weighted by molar-refractivity contribution is 6.21. The minimum absolute atomic E-state index is 0.690. The van der Waals surface area contributed by atoms with Crippen LogP contribution < -0.4 is 0 Å². The maximum absolute atomic E-state index is 5.29. The van der Waals surface area contributed by atoms with Crippen LogP contribution in [0.3, 0.4) is 0 Å². The quantitative estimate of drug-likeness (QED) is 0.122. The predicted molar refractivity (Wildman–Crippen MR) is 517 cm³/mol. The molecular weight excluding hydrogens is 1510 g/mol. The molecule has 0 radical (unpaired) electrons. The van der Waals surface area contributed by atoms with E-state index in [-0.39, 0.29) is 0 Å². The Kier molecular flexibility index (Phi) is 17.1. The summed E-state index contributed by atoms with van der Waals surface area (Å²) in [4.78, 5) is 20.9. The number of hydrogen-bond donors (Lipinski definition) is 0. The van der Waals surface area contributed by atoms with Gasteiger partial charge in [-0.15, -0.1) is 0 Å². The molecule has 0 spiro atoms. The molecule has 6 heterocycles. The van der Waals surface area contributed by atoms with Gasteiger partial charge in [-0.3, -0.25) is 0 Å². The standard InChI is InChI=1S/C58H36N4.C58H38N4/c1-2-16-41-33-42(28-27-37(41)13-1)51-36-52(46-23-11-17-38-14-3-5-19-44(38)46)60-58(59-51)40-29-31-43(32-30-40)61-54-24-9-7-21-47(54)49-35-57-50(34-56(49)61)48-22-8-10-25-55(48)62(57)53-26-12-18-39-15-4-6-20-45(39)53;1-4-16-39(17-5-1)43-22-14-24-45(34-43)58-59-52(41-20-8-3-9-21-41)38-53(60-58)42-30-32-46(33-31-42)61-54-28-12-10-26-48(54)50-37-57-51(36-56(50)61)49-27-11-13-29-55(49)62(57)47-25-15-23-44(35-47)40-18-6-2-7-19-40/h1-36H;1-38H. The molecule has 0 N–H and O–H groups in total. The Labute approximate surface area is 714 Å². The second-order valence-electron chi connectivity index (χ2n) is 32.0. The molecule has 0 amide bonds. The second kappa shape index (κ2) is 29.7. The van der Waals surface area contributed by atoms with Crippen molar-refractivity contribution in [2.75, 3.05) is 0 Å². The molecular formula is C116H74N8.